The average molecular weight is 590 g/mol. The van der Waals surface area contributed by atoms with Gasteiger partial charge in [0.25, 0.3) is 0 Å². The zero-order valence-electron chi connectivity index (χ0n) is 23.5. The van der Waals surface area contributed by atoms with Gasteiger partial charge in [0.05, 0.1) is 18.5 Å². The molecule has 0 saturated heterocycles. The minimum atomic E-state index is -1.51. The lowest BCUT2D eigenvalue weighted by Gasteiger charge is -2.26. The third-order valence-corrected chi connectivity index (χ3v) is 7.02. The van der Waals surface area contributed by atoms with Crippen molar-refractivity contribution in [3.63, 3.8) is 0 Å². The van der Waals surface area contributed by atoms with E-state index in [1.54, 1.807) is 36.5 Å². The second-order valence-electron chi connectivity index (χ2n) is 10.3. The van der Waals surface area contributed by atoms with E-state index in [-0.39, 0.29) is 19.3 Å². The first-order chi connectivity index (χ1) is 20.6. The van der Waals surface area contributed by atoms with Crippen LogP contribution in [-0.4, -0.2) is 79.1 Å². The molecule has 0 spiro atoms. The van der Waals surface area contributed by atoms with Crippen LogP contribution < -0.4 is 21.7 Å². The Bertz CT molecular complexity index is 1540. The minimum absolute atomic E-state index is 0.0352. The van der Waals surface area contributed by atoms with E-state index in [0.29, 0.717) is 11.3 Å². The molecule has 2 aromatic heterocycles. The number of carboxylic acid groups (broad SMARTS) is 1. The molecule has 13 nitrogen and oxygen atoms in total. The van der Waals surface area contributed by atoms with Gasteiger partial charge in [-0.05, 0) is 24.1 Å². The van der Waals surface area contributed by atoms with Crippen LogP contribution in [0.5, 0.6) is 0 Å². The van der Waals surface area contributed by atoms with E-state index < -0.39 is 54.0 Å². The van der Waals surface area contributed by atoms with E-state index >= 15 is 0 Å². The van der Waals surface area contributed by atoms with Crippen LogP contribution in [-0.2, 0) is 38.4 Å². The predicted molar refractivity (Wildman–Crippen MR) is 158 cm³/mol. The van der Waals surface area contributed by atoms with Crippen molar-refractivity contribution >= 4 is 34.6 Å². The molecule has 226 valence electrons. The van der Waals surface area contributed by atoms with Crippen molar-refractivity contribution in [2.24, 2.45) is 5.73 Å². The fraction of sp³-hybridized carbons (Fsp3) is 0.300. The van der Waals surface area contributed by atoms with E-state index in [4.69, 9.17) is 5.73 Å². The number of aliphatic hydroxyl groups excluding tert-OH is 1. The maximum atomic E-state index is 13.5. The van der Waals surface area contributed by atoms with Crippen molar-refractivity contribution < 1.29 is 29.4 Å². The third-order valence-electron chi connectivity index (χ3n) is 7.02. The van der Waals surface area contributed by atoms with E-state index in [9.17, 15) is 29.4 Å². The summed E-state index contributed by atoms with van der Waals surface area (Å²) in [5.41, 5.74) is 8.93. The highest BCUT2D eigenvalue weighted by molar-refractivity contribution is 5.95. The Morgan fingerprint density at radius 1 is 0.860 bits per heavy atom. The molecular formula is C30H35N7O6. The summed E-state index contributed by atoms with van der Waals surface area (Å²) in [6.07, 6.45) is 3.47. The number of nitrogens with zero attached hydrogens (tertiary/aromatic N) is 1. The van der Waals surface area contributed by atoms with Gasteiger partial charge in [-0.3, -0.25) is 14.4 Å². The number of carbonyl (C=O) groups is 4. The number of aromatic nitrogens is 3. The van der Waals surface area contributed by atoms with Crippen LogP contribution in [0.25, 0.3) is 10.9 Å². The molecule has 43 heavy (non-hydrogen) atoms. The molecule has 0 aliphatic rings. The molecule has 3 amide bonds. The van der Waals surface area contributed by atoms with Crippen LogP contribution in [0.2, 0.25) is 0 Å². The maximum Gasteiger partial charge on any atom is 0.326 e. The number of hydrogen-bond acceptors (Lipinski definition) is 7. The Labute approximate surface area is 247 Å². The number of para-hydroxylation sites is 1. The smallest absolute Gasteiger partial charge is 0.326 e. The summed E-state index contributed by atoms with van der Waals surface area (Å²) in [4.78, 5) is 61.6. The quantitative estimate of drug-likeness (QED) is 0.101. The van der Waals surface area contributed by atoms with Gasteiger partial charge in [0, 0.05) is 48.3 Å². The molecule has 13 heteroatoms. The summed E-state index contributed by atoms with van der Waals surface area (Å²) in [6, 6.07) is 11.3. The number of imidazole rings is 1. The number of hydrogen-bond donors (Lipinski definition) is 8. The maximum absolute atomic E-state index is 13.5. The molecule has 0 saturated carbocycles. The Morgan fingerprint density at radius 2 is 1.56 bits per heavy atom. The number of nitrogens with two attached hydrogens (primary N) is 1. The van der Waals surface area contributed by atoms with Crippen LogP contribution in [0.4, 0.5) is 0 Å². The third kappa shape index (κ3) is 8.27. The van der Waals surface area contributed by atoms with Crippen molar-refractivity contribution in [3.05, 3.63) is 90.1 Å². The van der Waals surface area contributed by atoms with Gasteiger partial charge in [-0.1, -0.05) is 48.5 Å². The summed E-state index contributed by atoms with van der Waals surface area (Å²) in [6.45, 7) is 1.30. The summed E-state index contributed by atoms with van der Waals surface area (Å²) in [5, 5.41) is 28.7. The Hall–Kier alpha value is -5.01. The monoisotopic (exact) mass is 589 g/mol. The van der Waals surface area contributed by atoms with Crippen molar-refractivity contribution in [1.82, 2.24) is 30.9 Å². The number of H-pyrrole nitrogens is 2. The van der Waals surface area contributed by atoms with E-state index in [1.807, 2.05) is 24.3 Å². The number of aliphatic hydroxyl groups is 1. The van der Waals surface area contributed by atoms with E-state index in [1.165, 1.54) is 19.4 Å². The van der Waals surface area contributed by atoms with E-state index in [0.717, 1.165) is 16.5 Å². The fourth-order valence-electron chi connectivity index (χ4n) is 4.70. The lowest BCUT2D eigenvalue weighted by Crippen LogP contribution is -2.60. The molecule has 5 atom stereocenters. The first kappa shape index (κ1) is 30.9. The average Bonchev–Trinajstić information content (AvgIpc) is 3.65. The number of fused-ring (bicyclic) bond motifs is 1. The van der Waals surface area contributed by atoms with Crippen molar-refractivity contribution in [2.75, 3.05) is 0 Å². The zero-order chi connectivity index (χ0) is 30.9. The van der Waals surface area contributed by atoms with Gasteiger partial charge in [-0.25, -0.2) is 9.78 Å². The van der Waals surface area contributed by atoms with Gasteiger partial charge in [0.1, 0.15) is 18.1 Å². The number of nitrogens with one attached hydrogen (secondary N) is 5. The number of aromatic amines is 2. The highest BCUT2D eigenvalue weighted by atomic mass is 16.4. The number of amides is 3. The molecule has 0 bridgehead atoms. The molecule has 5 unspecified atom stereocenters. The topological polar surface area (TPSA) is 215 Å². The van der Waals surface area contributed by atoms with Crippen molar-refractivity contribution in [3.8, 4) is 0 Å². The van der Waals surface area contributed by atoms with Gasteiger partial charge in [0.2, 0.25) is 17.7 Å². The Balaban J connectivity index is 1.47. The molecule has 4 rings (SSSR count). The summed E-state index contributed by atoms with van der Waals surface area (Å²) in [7, 11) is 0. The SMILES string of the molecule is CC(O)C(NC(=O)C(Cc1ccccc1)NC(=O)C(N)Cc1cnc[nH]1)C(=O)NC(Cc1c[nH]c2ccccc12)C(=O)O. The number of benzene rings is 2. The van der Waals surface area contributed by atoms with Gasteiger partial charge in [-0.2, -0.15) is 0 Å². The molecule has 0 aliphatic heterocycles. The first-order valence-electron chi connectivity index (χ1n) is 13.8. The molecule has 0 radical (unpaired) electrons. The number of carboxylic acids is 1. The molecule has 4 aromatic rings. The standard InChI is InChI=1S/C30H35N7O6/c1-17(38)26(29(41)36-25(30(42)43)12-19-14-33-23-10-6-5-9-21(19)23)37-28(40)24(11-18-7-3-2-4-8-18)35-27(39)22(31)13-20-15-32-16-34-20/h2-10,14-17,22,24-26,33,38H,11-13,31H2,1H3,(H,32,34)(H,35,39)(H,36,41)(H,37,40)(H,42,43). The number of rotatable bonds is 14. The largest absolute Gasteiger partial charge is 0.480 e. The van der Waals surface area contributed by atoms with Crippen LogP contribution in [0.1, 0.15) is 23.7 Å². The second kappa shape index (κ2) is 14.2. The first-order valence-corrected chi connectivity index (χ1v) is 13.8. The van der Waals surface area contributed by atoms with Gasteiger partial charge in [-0.15, -0.1) is 0 Å². The predicted octanol–water partition coefficient (Wildman–Crippen LogP) is 0.166. The normalized spacial score (nSPS) is 14.7. The van der Waals surface area contributed by atoms with Gasteiger partial charge < -0.3 is 41.9 Å². The van der Waals surface area contributed by atoms with Gasteiger partial charge >= 0.3 is 5.97 Å². The zero-order valence-corrected chi connectivity index (χ0v) is 23.5. The van der Waals surface area contributed by atoms with E-state index in [2.05, 4.69) is 30.9 Å². The van der Waals surface area contributed by atoms with Gasteiger partial charge in [0.15, 0.2) is 0 Å². The minimum Gasteiger partial charge on any atom is -0.480 e. The summed E-state index contributed by atoms with van der Waals surface area (Å²) >= 11 is 0. The molecule has 0 aliphatic carbocycles. The lowest BCUT2D eigenvalue weighted by atomic mass is 10.0. The lowest BCUT2D eigenvalue weighted by molar-refractivity contribution is -0.143. The van der Waals surface area contributed by atoms with Crippen molar-refractivity contribution in [1.29, 1.82) is 0 Å². The molecular weight excluding hydrogens is 554 g/mol. The van der Waals surface area contributed by atoms with Crippen LogP contribution >= 0.6 is 0 Å². The number of carbonyl (C=O) groups excluding carboxylic acids is 3. The highest BCUT2D eigenvalue weighted by Crippen LogP contribution is 2.19. The fourth-order valence-corrected chi connectivity index (χ4v) is 4.70. The van der Waals surface area contributed by atoms with Crippen molar-refractivity contribution in [2.45, 2.75) is 56.5 Å². The molecule has 2 heterocycles. The molecule has 2 aromatic carbocycles. The van der Waals surface area contributed by atoms with Crippen LogP contribution in [0.3, 0.4) is 0 Å². The van der Waals surface area contributed by atoms with Crippen LogP contribution in [0, 0.1) is 0 Å². The second-order valence-corrected chi connectivity index (χ2v) is 10.3. The van der Waals surface area contributed by atoms with Crippen LogP contribution in [0.15, 0.2) is 73.3 Å². The highest BCUT2D eigenvalue weighted by Gasteiger charge is 2.33. The molecule has 0 fully saturated rings. The number of aliphatic carboxylic acids is 1. The summed E-state index contributed by atoms with van der Waals surface area (Å²) in [5.74, 6) is -3.53. The Kier molecular flexibility index (Phi) is 10.3. The Morgan fingerprint density at radius 3 is 2.23 bits per heavy atom. The molecule has 9 N–H and O–H groups in total. The summed E-state index contributed by atoms with van der Waals surface area (Å²) < 4.78 is 0.